The van der Waals surface area contributed by atoms with Gasteiger partial charge in [0.25, 0.3) is 0 Å². The predicted molar refractivity (Wildman–Crippen MR) is 95.5 cm³/mol. The highest BCUT2D eigenvalue weighted by Crippen LogP contribution is 2.22. The molecule has 3 aromatic rings. The molecule has 2 heterocycles. The first-order valence-electron chi connectivity index (χ1n) is 8.29. The molecule has 0 unspecified atom stereocenters. The SMILES string of the molecule is O=C(Oc1ccc2nc[nH]c2c1)c1ccc(S(=O)(=O)N2CCCC2)cc1. The zero-order chi connectivity index (χ0) is 18.1. The molecule has 4 rings (SSSR count). The molecule has 0 saturated carbocycles. The van der Waals surface area contributed by atoms with Crippen LogP contribution in [0.3, 0.4) is 0 Å². The number of fused-ring (bicyclic) bond motifs is 1. The fraction of sp³-hybridized carbons (Fsp3) is 0.222. The summed E-state index contributed by atoms with van der Waals surface area (Å²) in [4.78, 5) is 19.5. The quantitative estimate of drug-likeness (QED) is 0.562. The van der Waals surface area contributed by atoms with Crippen LogP contribution < -0.4 is 4.74 Å². The first kappa shape index (κ1) is 16.7. The number of carbonyl (C=O) groups is 1. The number of sulfonamides is 1. The fourth-order valence-corrected chi connectivity index (χ4v) is 4.50. The highest BCUT2D eigenvalue weighted by atomic mass is 32.2. The van der Waals surface area contributed by atoms with Gasteiger partial charge in [-0.25, -0.2) is 18.2 Å². The molecule has 1 fully saturated rings. The average Bonchev–Trinajstić information content (AvgIpc) is 3.33. The van der Waals surface area contributed by atoms with E-state index >= 15 is 0 Å². The third-order valence-electron chi connectivity index (χ3n) is 4.40. The molecule has 1 saturated heterocycles. The van der Waals surface area contributed by atoms with Gasteiger partial charge in [-0.2, -0.15) is 4.31 Å². The maximum atomic E-state index is 12.5. The van der Waals surface area contributed by atoms with Crippen molar-refractivity contribution in [2.45, 2.75) is 17.7 Å². The Bertz CT molecular complexity index is 1050. The van der Waals surface area contributed by atoms with Gasteiger partial charge in [0.1, 0.15) is 5.75 Å². The van der Waals surface area contributed by atoms with Gasteiger partial charge >= 0.3 is 5.97 Å². The van der Waals surface area contributed by atoms with Crippen molar-refractivity contribution in [1.29, 1.82) is 0 Å². The Balaban J connectivity index is 1.51. The van der Waals surface area contributed by atoms with Gasteiger partial charge in [-0.15, -0.1) is 0 Å². The molecule has 2 aromatic carbocycles. The lowest BCUT2D eigenvalue weighted by Crippen LogP contribution is -2.27. The van der Waals surface area contributed by atoms with E-state index in [1.807, 2.05) is 0 Å². The Morgan fingerprint density at radius 1 is 1.08 bits per heavy atom. The van der Waals surface area contributed by atoms with Gasteiger partial charge in [-0.3, -0.25) is 0 Å². The summed E-state index contributed by atoms with van der Waals surface area (Å²) in [6, 6.07) is 10.9. The first-order chi connectivity index (χ1) is 12.5. The van der Waals surface area contributed by atoms with E-state index in [9.17, 15) is 13.2 Å². The molecule has 0 aliphatic carbocycles. The fourth-order valence-electron chi connectivity index (χ4n) is 2.98. The van der Waals surface area contributed by atoms with E-state index in [2.05, 4.69) is 9.97 Å². The van der Waals surface area contributed by atoms with Crippen LogP contribution >= 0.6 is 0 Å². The summed E-state index contributed by atoms with van der Waals surface area (Å²) < 4.78 is 31.8. The Morgan fingerprint density at radius 2 is 1.81 bits per heavy atom. The monoisotopic (exact) mass is 371 g/mol. The van der Waals surface area contributed by atoms with Gasteiger partial charge in [0.15, 0.2) is 0 Å². The minimum Gasteiger partial charge on any atom is -0.423 e. The van der Waals surface area contributed by atoms with Crippen LogP contribution in [-0.4, -0.2) is 41.7 Å². The topological polar surface area (TPSA) is 92.4 Å². The predicted octanol–water partition coefficient (Wildman–Crippen LogP) is 2.57. The number of rotatable bonds is 4. The first-order valence-corrected chi connectivity index (χ1v) is 9.73. The zero-order valence-electron chi connectivity index (χ0n) is 13.9. The van der Waals surface area contributed by atoms with Crippen LogP contribution in [0.5, 0.6) is 5.75 Å². The van der Waals surface area contributed by atoms with E-state index in [1.165, 1.54) is 28.6 Å². The van der Waals surface area contributed by atoms with Crippen LogP contribution in [-0.2, 0) is 10.0 Å². The highest BCUT2D eigenvalue weighted by Gasteiger charge is 2.27. The van der Waals surface area contributed by atoms with E-state index < -0.39 is 16.0 Å². The van der Waals surface area contributed by atoms with Crippen molar-refractivity contribution >= 4 is 27.0 Å². The summed E-state index contributed by atoms with van der Waals surface area (Å²) in [6.07, 6.45) is 3.32. The van der Waals surface area contributed by atoms with Crippen molar-refractivity contribution in [2.24, 2.45) is 0 Å². The number of esters is 1. The van der Waals surface area contributed by atoms with Crippen molar-refractivity contribution < 1.29 is 17.9 Å². The Hall–Kier alpha value is -2.71. The van der Waals surface area contributed by atoms with Crippen LogP contribution in [0.15, 0.2) is 53.7 Å². The molecule has 8 heteroatoms. The van der Waals surface area contributed by atoms with Crippen molar-refractivity contribution in [3.05, 3.63) is 54.4 Å². The van der Waals surface area contributed by atoms with Crippen LogP contribution in [0.25, 0.3) is 11.0 Å². The maximum absolute atomic E-state index is 12.5. The van der Waals surface area contributed by atoms with Gasteiger partial charge in [-0.1, -0.05) is 0 Å². The Kier molecular flexibility index (Phi) is 4.21. The second-order valence-electron chi connectivity index (χ2n) is 6.11. The number of ether oxygens (including phenoxy) is 1. The maximum Gasteiger partial charge on any atom is 0.343 e. The molecule has 0 atom stereocenters. The number of hydrogen-bond donors (Lipinski definition) is 1. The molecule has 1 aromatic heterocycles. The number of aromatic nitrogens is 2. The molecule has 1 N–H and O–H groups in total. The third kappa shape index (κ3) is 3.09. The molecule has 0 amide bonds. The number of nitrogens with zero attached hydrogens (tertiary/aromatic N) is 2. The largest absolute Gasteiger partial charge is 0.423 e. The summed E-state index contributed by atoms with van der Waals surface area (Å²) in [7, 11) is -3.49. The van der Waals surface area contributed by atoms with Crippen molar-refractivity contribution in [2.75, 3.05) is 13.1 Å². The van der Waals surface area contributed by atoms with Gasteiger partial charge < -0.3 is 9.72 Å². The summed E-state index contributed by atoms with van der Waals surface area (Å²) in [6.45, 7) is 1.09. The van der Waals surface area contributed by atoms with E-state index in [1.54, 1.807) is 24.5 Å². The smallest absolute Gasteiger partial charge is 0.343 e. The molecule has 1 aliphatic heterocycles. The van der Waals surface area contributed by atoms with Crippen LogP contribution in [0.1, 0.15) is 23.2 Å². The lowest BCUT2D eigenvalue weighted by Gasteiger charge is -2.15. The summed E-state index contributed by atoms with van der Waals surface area (Å²) in [5.41, 5.74) is 1.83. The summed E-state index contributed by atoms with van der Waals surface area (Å²) in [5, 5.41) is 0. The minimum atomic E-state index is -3.49. The standard InChI is InChI=1S/C18H17N3O4S/c22-18(25-14-5-8-16-17(11-14)20-12-19-16)13-3-6-15(7-4-13)26(23,24)21-9-1-2-10-21/h3-8,11-12H,1-2,9-10H2,(H,19,20). The van der Waals surface area contributed by atoms with Crippen LogP contribution in [0.2, 0.25) is 0 Å². The molecule has 134 valence electrons. The number of nitrogens with one attached hydrogen (secondary N) is 1. The second kappa shape index (κ2) is 6.54. The molecule has 26 heavy (non-hydrogen) atoms. The number of aromatic amines is 1. The van der Waals surface area contributed by atoms with Crippen LogP contribution in [0, 0.1) is 0 Å². The van der Waals surface area contributed by atoms with Crippen molar-refractivity contribution in [3.8, 4) is 5.75 Å². The summed E-state index contributed by atoms with van der Waals surface area (Å²) >= 11 is 0. The van der Waals surface area contributed by atoms with Gasteiger partial charge in [0.05, 0.1) is 27.8 Å². The van der Waals surface area contributed by atoms with E-state index in [4.69, 9.17) is 4.74 Å². The molecule has 7 nitrogen and oxygen atoms in total. The molecule has 0 spiro atoms. The van der Waals surface area contributed by atoms with Gasteiger partial charge in [0.2, 0.25) is 10.0 Å². The molecule has 0 bridgehead atoms. The third-order valence-corrected chi connectivity index (χ3v) is 6.31. The number of imidazole rings is 1. The number of hydrogen-bond acceptors (Lipinski definition) is 5. The zero-order valence-corrected chi connectivity index (χ0v) is 14.7. The number of benzene rings is 2. The Morgan fingerprint density at radius 3 is 2.54 bits per heavy atom. The lowest BCUT2D eigenvalue weighted by atomic mass is 10.2. The van der Waals surface area contributed by atoms with E-state index in [-0.39, 0.29) is 10.5 Å². The van der Waals surface area contributed by atoms with Crippen molar-refractivity contribution in [3.63, 3.8) is 0 Å². The molecule has 1 aliphatic rings. The minimum absolute atomic E-state index is 0.190. The van der Waals surface area contributed by atoms with Crippen molar-refractivity contribution in [1.82, 2.24) is 14.3 Å². The molecular formula is C18H17N3O4S. The normalized spacial score (nSPS) is 15.4. The second-order valence-corrected chi connectivity index (χ2v) is 8.04. The van der Waals surface area contributed by atoms with Gasteiger partial charge in [-0.05, 0) is 49.2 Å². The number of H-pyrrole nitrogens is 1. The molecule has 0 radical (unpaired) electrons. The Labute approximate surface area is 150 Å². The average molecular weight is 371 g/mol. The van der Waals surface area contributed by atoms with Gasteiger partial charge in [0, 0.05) is 19.2 Å². The highest BCUT2D eigenvalue weighted by molar-refractivity contribution is 7.89. The molecular weight excluding hydrogens is 354 g/mol. The summed E-state index contributed by atoms with van der Waals surface area (Å²) in [5.74, 6) is -0.158. The van der Waals surface area contributed by atoms with E-state index in [0.717, 1.165) is 23.9 Å². The van der Waals surface area contributed by atoms with E-state index in [0.29, 0.717) is 18.8 Å². The number of carbonyl (C=O) groups excluding carboxylic acids is 1. The lowest BCUT2D eigenvalue weighted by molar-refractivity contribution is 0.0735. The van der Waals surface area contributed by atoms with Crippen LogP contribution in [0.4, 0.5) is 0 Å².